The normalized spacial score (nSPS) is 16.2. The largest absolute Gasteiger partial charge is 0.339 e. The maximum absolute atomic E-state index is 12.3. The summed E-state index contributed by atoms with van der Waals surface area (Å²) in [7, 11) is -3.32. The van der Waals surface area contributed by atoms with E-state index in [-0.39, 0.29) is 5.91 Å². The van der Waals surface area contributed by atoms with E-state index in [1.54, 1.807) is 24.3 Å². The number of sulfonamides is 1. The van der Waals surface area contributed by atoms with Crippen molar-refractivity contribution in [1.82, 2.24) is 4.90 Å². The van der Waals surface area contributed by atoms with Gasteiger partial charge in [0.05, 0.1) is 6.26 Å². The molecule has 2 rings (SSSR count). The third-order valence-electron chi connectivity index (χ3n) is 3.06. The van der Waals surface area contributed by atoms with Gasteiger partial charge in [-0.2, -0.15) is 0 Å². The fraction of sp³-hybridized carbons (Fsp3) is 0.462. The lowest BCUT2D eigenvalue weighted by molar-refractivity contribution is 0.0724. The molecule has 5 nitrogen and oxygen atoms in total. The third kappa shape index (κ3) is 3.96. The summed E-state index contributed by atoms with van der Waals surface area (Å²) >= 11 is 0. The van der Waals surface area contributed by atoms with Crippen LogP contribution in [-0.2, 0) is 10.0 Å². The van der Waals surface area contributed by atoms with Gasteiger partial charge < -0.3 is 4.90 Å². The molecule has 1 N–H and O–H groups in total. The standard InChI is InChI=1S/C13H18N2O3S/c1-19(17,18)14-12-7-5-6-11(10-12)13(16)15-8-3-2-4-9-15/h5-7,10,14H,2-4,8-9H2,1H3. The Morgan fingerprint density at radius 3 is 2.53 bits per heavy atom. The van der Waals surface area contributed by atoms with Gasteiger partial charge in [0.15, 0.2) is 0 Å². The summed E-state index contributed by atoms with van der Waals surface area (Å²) in [6, 6.07) is 6.61. The lowest BCUT2D eigenvalue weighted by Crippen LogP contribution is -2.35. The highest BCUT2D eigenvalue weighted by Crippen LogP contribution is 2.16. The first-order chi connectivity index (χ1) is 8.96. The van der Waals surface area contributed by atoms with Crippen molar-refractivity contribution in [3.8, 4) is 0 Å². The third-order valence-corrected chi connectivity index (χ3v) is 3.66. The molecular formula is C13H18N2O3S. The molecule has 1 fully saturated rings. The summed E-state index contributed by atoms with van der Waals surface area (Å²) in [6.07, 6.45) is 4.33. The summed E-state index contributed by atoms with van der Waals surface area (Å²) in [4.78, 5) is 14.1. The topological polar surface area (TPSA) is 66.5 Å². The first kappa shape index (κ1) is 13.9. The van der Waals surface area contributed by atoms with Gasteiger partial charge in [-0.1, -0.05) is 6.07 Å². The van der Waals surface area contributed by atoms with E-state index in [9.17, 15) is 13.2 Å². The summed E-state index contributed by atoms with van der Waals surface area (Å²) in [5, 5.41) is 0. The zero-order valence-electron chi connectivity index (χ0n) is 10.9. The van der Waals surface area contributed by atoms with Gasteiger partial charge in [-0.3, -0.25) is 9.52 Å². The van der Waals surface area contributed by atoms with Gasteiger partial charge in [0.25, 0.3) is 5.91 Å². The number of anilines is 1. The van der Waals surface area contributed by atoms with Crippen LogP contribution in [-0.4, -0.2) is 38.6 Å². The number of rotatable bonds is 3. The fourth-order valence-corrected chi connectivity index (χ4v) is 2.76. The monoisotopic (exact) mass is 282 g/mol. The summed E-state index contributed by atoms with van der Waals surface area (Å²) < 4.78 is 24.7. The lowest BCUT2D eigenvalue weighted by atomic mass is 10.1. The zero-order chi connectivity index (χ0) is 13.9. The van der Waals surface area contributed by atoms with Crippen LogP contribution in [0.5, 0.6) is 0 Å². The van der Waals surface area contributed by atoms with Crippen molar-refractivity contribution < 1.29 is 13.2 Å². The Labute approximate surface area is 113 Å². The van der Waals surface area contributed by atoms with E-state index in [0.29, 0.717) is 11.3 Å². The van der Waals surface area contributed by atoms with Crippen LogP contribution in [0.2, 0.25) is 0 Å². The second-order valence-electron chi connectivity index (χ2n) is 4.81. The van der Waals surface area contributed by atoms with Crippen LogP contribution in [0.15, 0.2) is 24.3 Å². The molecule has 0 radical (unpaired) electrons. The van der Waals surface area contributed by atoms with E-state index >= 15 is 0 Å². The number of benzene rings is 1. The maximum atomic E-state index is 12.3. The molecule has 1 aromatic rings. The van der Waals surface area contributed by atoms with E-state index in [1.165, 1.54) is 6.42 Å². The molecule has 1 amide bonds. The molecule has 1 aromatic carbocycles. The van der Waals surface area contributed by atoms with E-state index in [0.717, 1.165) is 32.2 Å². The second-order valence-corrected chi connectivity index (χ2v) is 6.56. The molecule has 0 bridgehead atoms. The number of amides is 1. The minimum atomic E-state index is -3.32. The van der Waals surface area contributed by atoms with Crippen molar-refractivity contribution in [2.45, 2.75) is 19.3 Å². The first-order valence-corrected chi connectivity index (χ1v) is 8.22. The molecule has 0 spiro atoms. The van der Waals surface area contributed by atoms with Crippen molar-refractivity contribution in [3.63, 3.8) is 0 Å². The predicted molar refractivity (Wildman–Crippen MR) is 74.7 cm³/mol. The van der Waals surface area contributed by atoms with Crippen molar-refractivity contribution in [1.29, 1.82) is 0 Å². The van der Waals surface area contributed by atoms with Crippen LogP contribution in [0.3, 0.4) is 0 Å². The molecule has 0 aliphatic carbocycles. The molecule has 0 unspecified atom stereocenters. The number of likely N-dealkylation sites (tertiary alicyclic amines) is 1. The number of hydrogen-bond acceptors (Lipinski definition) is 3. The minimum Gasteiger partial charge on any atom is -0.339 e. The average Bonchev–Trinajstić information content (AvgIpc) is 2.37. The predicted octanol–water partition coefficient (Wildman–Crippen LogP) is 1.68. The SMILES string of the molecule is CS(=O)(=O)Nc1cccc(C(=O)N2CCCCC2)c1. The number of carbonyl (C=O) groups excluding carboxylic acids is 1. The van der Waals surface area contributed by atoms with Gasteiger partial charge in [-0.15, -0.1) is 0 Å². The lowest BCUT2D eigenvalue weighted by Gasteiger charge is -2.26. The van der Waals surface area contributed by atoms with Crippen LogP contribution in [0.4, 0.5) is 5.69 Å². The van der Waals surface area contributed by atoms with Crippen molar-refractivity contribution in [2.75, 3.05) is 24.1 Å². The highest BCUT2D eigenvalue weighted by molar-refractivity contribution is 7.92. The van der Waals surface area contributed by atoms with Crippen LogP contribution in [0.1, 0.15) is 29.6 Å². The van der Waals surface area contributed by atoms with Gasteiger partial charge in [-0.05, 0) is 37.5 Å². The molecule has 1 heterocycles. The number of hydrogen-bond donors (Lipinski definition) is 1. The first-order valence-electron chi connectivity index (χ1n) is 6.33. The van der Waals surface area contributed by atoms with Crippen LogP contribution in [0.25, 0.3) is 0 Å². The molecule has 1 aliphatic heterocycles. The van der Waals surface area contributed by atoms with Crippen molar-refractivity contribution >= 4 is 21.6 Å². The van der Waals surface area contributed by atoms with Gasteiger partial charge in [0.2, 0.25) is 10.0 Å². The van der Waals surface area contributed by atoms with E-state index in [2.05, 4.69) is 4.72 Å². The molecule has 0 aromatic heterocycles. The Balaban J connectivity index is 2.15. The molecule has 1 aliphatic rings. The Kier molecular flexibility index (Phi) is 4.09. The van der Waals surface area contributed by atoms with Gasteiger partial charge in [0.1, 0.15) is 0 Å². The van der Waals surface area contributed by atoms with Crippen molar-refractivity contribution in [3.05, 3.63) is 29.8 Å². The number of carbonyl (C=O) groups is 1. The highest BCUT2D eigenvalue weighted by atomic mass is 32.2. The summed E-state index contributed by atoms with van der Waals surface area (Å²) in [5.74, 6) is -0.0307. The number of nitrogens with one attached hydrogen (secondary N) is 1. The minimum absolute atomic E-state index is 0.0307. The molecule has 1 saturated heterocycles. The van der Waals surface area contributed by atoms with E-state index < -0.39 is 10.0 Å². The number of nitrogens with zero attached hydrogens (tertiary/aromatic N) is 1. The Morgan fingerprint density at radius 1 is 1.21 bits per heavy atom. The van der Waals surface area contributed by atoms with Crippen LogP contribution >= 0.6 is 0 Å². The van der Waals surface area contributed by atoms with Crippen molar-refractivity contribution in [2.24, 2.45) is 0 Å². The van der Waals surface area contributed by atoms with E-state index in [1.807, 2.05) is 4.90 Å². The molecule has 19 heavy (non-hydrogen) atoms. The summed E-state index contributed by atoms with van der Waals surface area (Å²) in [5.41, 5.74) is 0.945. The van der Waals surface area contributed by atoms with Crippen LogP contribution in [0, 0.1) is 0 Å². The Bertz CT molecular complexity index is 563. The molecule has 104 valence electrons. The van der Waals surface area contributed by atoms with Gasteiger partial charge in [0, 0.05) is 24.3 Å². The van der Waals surface area contributed by atoms with Gasteiger partial charge in [-0.25, -0.2) is 8.42 Å². The Morgan fingerprint density at radius 2 is 1.89 bits per heavy atom. The fourth-order valence-electron chi connectivity index (χ4n) is 2.21. The molecule has 6 heteroatoms. The number of piperidine rings is 1. The molecule has 0 saturated carbocycles. The molecule has 0 atom stereocenters. The van der Waals surface area contributed by atoms with Crippen LogP contribution < -0.4 is 4.72 Å². The maximum Gasteiger partial charge on any atom is 0.253 e. The second kappa shape index (κ2) is 5.61. The smallest absolute Gasteiger partial charge is 0.253 e. The zero-order valence-corrected chi connectivity index (χ0v) is 11.7. The average molecular weight is 282 g/mol. The quantitative estimate of drug-likeness (QED) is 0.917. The molecular weight excluding hydrogens is 264 g/mol. The Hall–Kier alpha value is -1.56. The summed E-state index contributed by atoms with van der Waals surface area (Å²) in [6.45, 7) is 1.56. The van der Waals surface area contributed by atoms with E-state index in [4.69, 9.17) is 0 Å². The highest BCUT2D eigenvalue weighted by Gasteiger charge is 2.18. The van der Waals surface area contributed by atoms with Gasteiger partial charge >= 0.3 is 0 Å².